The van der Waals surface area contributed by atoms with Crippen LogP contribution in [0.2, 0.25) is 0 Å². The van der Waals surface area contributed by atoms with Crippen LogP contribution in [0.1, 0.15) is 24.2 Å². The van der Waals surface area contributed by atoms with Crippen molar-refractivity contribution in [2.45, 2.75) is 25.1 Å². The normalized spacial score (nSPS) is 15.9. The fraction of sp³-hybridized carbons (Fsp3) is 0.450. The first-order chi connectivity index (χ1) is 12.7. The molecule has 0 bridgehead atoms. The zero-order valence-corrected chi connectivity index (χ0v) is 17.2. The average Bonchev–Trinajstić information content (AvgIpc) is 3.15. The van der Waals surface area contributed by atoms with Gasteiger partial charge in [-0.05, 0) is 55.8 Å². The molecule has 3 rings (SSSR count). The number of furan rings is 1. The second-order valence-corrected chi connectivity index (χ2v) is 8.62. The number of benzene rings is 1. The molecule has 0 saturated carbocycles. The van der Waals surface area contributed by atoms with Crippen molar-refractivity contribution < 1.29 is 9.21 Å². The molecule has 4 nitrogen and oxygen atoms in total. The molecule has 1 aromatic heterocycles. The largest absolute Gasteiger partial charge is 0.468 e. The molecule has 0 radical (unpaired) electrons. The lowest BCUT2D eigenvalue weighted by molar-refractivity contribution is -0.126. The Labute approximate surface area is 167 Å². The number of nitrogens with one attached hydrogen (secondary N) is 1. The summed E-state index contributed by atoms with van der Waals surface area (Å²) in [6.07, 6.45) is 3.58. The van der Waals surface area contributed by atoms with E-state index >= 15 is 0 Å². The number of rotatable bonds is 8. The van der Waals surface area contributed by atoms with E-state index < -0.39 is 0 Å². The van der Waals surface area contributed by atoms with Gasteiger partial charge in [-0.15, -0.1) is 0 Å². The van der Waals surface area contributed by atoms with Crippen molar-refractivity contribution >= 4 is 33.6 Å². The summed E-state index contributed by atoms with van der Waals surface area (Å²) in [5.41, 5.74) is 1.32. The summed E-state index contributed by atoms with van der Waals surface area (Å²) in [6.45, 7) is 3.65. The Morgan fingerprint density at radius 1 is 1.27 bits per heavy atom. The van der Waals surface area contributed by atoms with Gasteiger partial charge in [-0.3, -0.25) is 9.69 Å². The van der Waals surface area contributed by atoms with E-state index in [1.165, 1.54) is 5.56 Å². The van der Waals surface area contributed by atoms with Gasteiger partial charge in [-0.2, -0.15) is 11.8 Å². The minimum absolute atomic E-state index is 0.156. The molecule has 1 aliphatic rings. The van der Waals surface area contributed by atoms with Crippen LogP contribution in [0.3, 0.4) is 0 Å². The number of halogens is 1. The molecule has 1 aliphatic heterocycles. The number of hydrogen-bond acceptors (Lipinski definition) is 4. The maximum atomic E-state index is 12.3. The molecule has 0 aliphatic carbocycles. The number of likely N-dealkylation sites (tertiary alicyclic amines) is 1. The van der Waals surface area contributed by atoms with Gasteiger partial charge in [0.15, 0.2) is 0 Å². The maximum absolute atomic E-state index is 12.3. The van der Waals surface area contributed by atoms with Crippen molar-refractivity contribution in [1.29, 1.82) is 0 Å². The zero-order chi connectivity index (χ0) is 18.2. The molecule has 0 spiro atoms. The number of hydrogen-bond donors (Lipinski definition) is 1. The third-order valence-electron chi connectivity index (χ3n) is 4.62. The van der Waals surface area contributed by atoms with Crippen LogP contribution in [0.25, 0.3) is 0 Å². The van der Waals surface area contributed by atoms with Gasteiger partial charge in [0.2, 0.25) is 5.91 Å². The molecule has 140 valence electrons. The number of amides is 1. The van der Waals surface area contributed by atoms with Crippen molar-refractivity contribution in [3.05, 3.63) is 58.5 Å². The minimum atomic E-state index is 0.156. The molecule has 1 aromatic carbocycles. The third kappa shape index (κ3) is 6.18. The topological polar surface area (TPSA) is 45.5 Å². The van der Waals surface area contributed by atoms with Crippen LogP contribution in [-0.4, -0.2) is 36.2 Å². The molecule has 1 saturated heterocycles. The number of carbonyl (C=O) groups is 1. The van der Waals surface area contributed by atoms with E-state index in [0.29, 0.717) is 0 Å². The molecule has 26 heavy (non-hydrogen) atoms. The SMILES string of the molecule is O=C(NCCSCc1ccco1)C1CCN(Cc2cccc(Br)c2)CC1. The summed E-state index contributed by atoms with van der Waals surface area (Å²) in [7, 11) is 0. The predicted octanol–water partition coefficient (Wildman–Crippen LogP) is 4.30. The summed E-state index contributed by atoms with van der Waals surface area (Å²) in [5, 5.41) is 3.09. The summed E-state index contributed by atoms with van der Waals surface area (Å²) in [6, 6.07) is 12.3. The van der Waals surface area contributed by atoms with E-state index in [1.807, 2.05) is 18.2 Å². The second kappa shape index (κ2) is 10.2. The van der Waals surface area contributed by atoms with Crippen LogP contribution < -0.4 is 5.32 Å². The lowest BCUT2D eigenvalue weighted by atomic mass is 9.95. The van der Waals surface area contributed by atoms with Crippen molar-refractivity contribution in [3.63, 3.8) is 0 Å². The van der Waals surface area contributed by atoms with Gasteiger partial charge in [0.25, 0.3) is 0 Å². The Kier molecular flexibility index (Phi) is 7.65. The van der Waals surface area contributed by atoms with E-state index in [9.17, 15) is 4.79 Å². The highest BCUT2D eigenvalue weighted by Gasteiger charge is 2.24. The summed E-state index contributed by atoms with van der Waals surface area (Å²) < 4.78 is 6.42. The Morgan fingerprint density at radius 3 is 2.85 bits per heavy atom. The first-order valence-corrected chi connectivity index (χ1v) is 11.0. The van der Waals surface area contributed by atoms with Crippen LogP contribution in [0.4, 0.5) is 0 Å². The van der Waals surface area contributed by atoms with Crippen molar-refractivity contribution in [2.24, 2.45) is 5.92 Å². The van der Waals surface area contributed by atoms with Crippen LogP contribution in [0.5, 0.6) is 0 Å². The lowest BCUT2D eigenvalue weighted by Crippen LogP contribution is -2.40. The van der Waals surface area contributed by atoms with E-state index in [4.69, 9.17) is 4.42 Å². The van der Waals surface area contributed by atoms with Gasteiger partial charge in [-0.25, -0.2) is 0 Å². The molecule has 6 heteroatoms. The van der Waals surface area contributed by atoms with E-state index in [1.54, 1.807) is 18.0 Å². The summed E-state index contributed by atoms with van der Waals surface area (Å²) >= 11 is 5.31. The zero-order valence-electron chi connectivity index (χ0n) is 14.8. The predicted molar refractivity (Wildman–Crippen MR) is 110 cm³/mol. The van der Waals surface area contributed by atoms with Crippen LogP contribution in [-0.2, 0) is 17.1 Å². The first-order valence-electron chi connectivity index (χ1n) is 9.05. The molecule has 1 N–H and O–H groups in total. The van der Waals surface area contributed by atoms with Crippen LogP contribution in [0, 0.1) is 5.92 Å². The third-order valence-corrected chi connectivity index (χ3v) is 6.10. The lowest BCUT2D eigenvalue weighted by Gasteiger charge is -2.31. The molecular formula is C20H25BrN2O2S. The van der Waals surface area contributed by atoms with Gasteiger partial charge in [0, 0.05) is 29.2 Å². The molecule has 0 atom stereocenters. The Hall–Kier alpha value is -1.24. The molecule has 0 unspecified atom stereocenters. The van der Waals surface area contributed by atoms with Crippen molar-refractivity contribution in [1.82, 2.24) is 10.2 Å². The fourth-order valence-electron chi connectivity index (χ4n) is 3.20. The smallest absolute Gasteiger partial charge is 0.223 e. The molecule has 1 amide bonds. The van der Waals surface area contributed by atoms with Gasteiger partial charge in [-0.1, -0.05) is 28.1 Å². The number of thioether (sulfide) groups is 1. The fourth-order valence-corrected chi connectivity index (χ4v) is 4.41. The van der Waals surface area contributed by atoms with Gasteiger partial charge in [0.05, 0.1) is 12.0 Å². The first kappa shape index (κ1) is 19.5. The van der Waals surface area contributed by atoms with E-state index in [-0.39, 0.29) is 11.8 Å². The highest BCUT2D eigenvalue weighted by molar-refractivity contribution is 9.10. The van der Waals surface area contributed by atoms with E-state index in [0.717, 1.165) is 60.8 Å². The number of piperidine rings is 1. The van der Waals surface area contributed by atoms with Crippen LogP contribution in [0.15, 0.2) is 51.6 Å². The Morgan fingerprint density at radius 2 is 2.12 bits per heavy atom. The highest BCUT2D eigenvalue weighted by Crippen LogP contribution is 2.20. The highest BCUT2D eigenvalue weighted by atomic mass is 79.9. The second-order valence-electron chi connectivity index (χ2n) is 6.60. The average molecular weight is 437 g/mol. The molecule has 2 heterocycles. The monoisotopic (exact) mass is 436 g/mol. The maximum Gasteiger partial charge on any atom is 0.223 e. The molecule has 1 fully saturated rings. The number of nitrogens with zero attached hydrogens (tertiary/aromatic N) is 1. The standard InChI is InChI=1S/C20H25BrN2O2S/c21-18-4-1-3-16(13-18)14-23-9-6-17(7-10-23)20(24)22-8-12-26-15-19-5-2-11-25-19/h1-5,11,13,17H,6-10,12,14-15H2,(H,22,24). The molecular weight excluding hydrogens is 412 g/mol. The minimum Gasteiger partial charge on any atom is -0.468 e. The van der Waals surface area contributed by atoms with E-state index in [2.05, 4.69) is 44.3 Å². The summed E-state index contributed by atoms with van der Waals surface area (Å²) in [5.74, 6) is 3.12. The summed E-state index contributed by atoms with van der Waals surface area (Å²) in [4.78, 5) is 14.8. The van der Waals surface area contributed by atoms with Gasteiger partial charge in [0.1, 0.15) is 5.76 Å². The van der Waals surface area contributed by atoms with Gasteiger partial charge >= 0.3 is 0 Å². The Balaban J connectivity index is 1.30. The quantitative estimate of drug-likeness (QED) is 0.626. The number of carbonyl (C=O) groups excluding carboxylic acids is 1. The van der Waals surface area contributed by atoms with Crippen molar-refractivity contribution in [2.75, 3.05) is 25.4 Å². The molecule has 2 aromatic rings. The van der Waals surface area contributed by atoms with Gasteiger partial charge < -0.3 is 9.73 Å². The van der Waals surface area contributed by atoms with Crippen molar-refractivity contribution in [3.8, 4) is 0 Å². The Bertz CT molecular complexity index is 685. The van der Waals surface area contributed by atoms with Crippen LogP contribution >= 0.6 is 27.7 Å².